The van der Waals surface area contributed by atoms with Gasteiger partial charge in [0.2, 0.25) is 0 Å². The second-order valence-electron chi connectivity index (χ2n) is 14.9. The van der Waals surface area contributed by atoms with Crippen molar-refractivity contribution in [2.24, 2.45) is 0 Å². The van der Waals surface area contributed by atoms with Crippen LogP contribution in [0.4, 0.5) is 0 Å². The van der Waals surface area contributed by atoms with Gasteiger partial charge in [-0.05, 0) is 51.6 Å². The fraction of sp³-hybridized carbons (Fsp3) is 0.130. The average molecular weight is 964 g/mol. The summed E-state index contributed by atoms with van der Waals surface area (Å²) in [4.78, 5) is 4.11. The van der Waals surface area contributed by atoms with Crippen LogP contribution >= 0.6 is 7.92 Å². The first-order chi connectivity index (χ1) is 28.6. The molecule has 1 N–H and O–H groups in total. The molecule has 0 fully saturated rings. The van der Waals surface area contributed by atoms with E-state index in [9.17, 15) is 8.50 Å². The molecule has 298 valence electrons. The number of benzene rings is 7. The van der Waals surface area contributed by atoms with Gasteiger partial charge in [0.15, 0.2) is 0 Å². The maximum atomic E-state index is 11.8. The van der Waals surface area contributed by atoms with Crippen LogP contribution in [0.1, 0.15) is 30.8 Å². The summed E-state index contributed by atoms with van der Waals surface area (Å²) < 4.78 is 12.6. The van der Waals surface area contributed by atoms with Gasteiger partial charge in [0.25, 0.3) is 0 Å². The number of aryl methyl sites for hydroxylation is 2. The van der Waals surface area contributed by atoms with E-state index in [1.165, 1.54) is 10.9 Å². The van der Waals surface area contributed by atoms with Crippen LogP contribution in [0.25, 0.3) is 44.5 Å². The smallest absolute Gasteiger partial charge is 0.132 e. The van der Waals surface area contributed by atoms with Crippen molar-refractivity contribution < 1.29 is 26.6 Å². The van der Waals surface area contributed by atoms with E-state index in [1.54, 1.807) is 0 Å². The second kappa shape index (κ2) is 22.5. The van der Waals surface area contributed by atoms with Crippen LogP contribution in [0.2, 0.25) is 0 Å². The first-order valence-electron chi connectivity index (χ1n) is 19.8. The molecule has 8 rings (SSSR count). The van der Waals surface area contributed by atoms with Crippen LogP contribution in [0.5, 0.6) is 5.75 Å². The molecule has 0 atom stereocenters. The van der Waals surface area contributed by atoms with E-state index >= 15 is 0 Å². The van der Waals surface area contributed by atoms with Gasteiger partial charge in [-0.3, -0.25) is 0 Å². The van der Waals surface area contributed by atoms with Crippen LogP contribution in [-0.4, -0.2) is 22.8 Å². The standard InChI is InChI=1S/C30H22O.C10H12.C8H11P.C6H8N.O.W/c31-30-28(24-17-9-3-10-18-24)26(22-13-5-1-6-14-22)21-27(23-15-7-2-8-16-23)29(30)25-19-11-4-12-20-25;1-10(2,3)9-7-5-4-6-8-9;1-9(2)8-6-4-3-5-7-8;1-5-3-4-6(2)7-5;;/h1-21,31H;1,4-8H,2-3H3;3-7H,1-2H3;3-4H,1-2H3;;/q;;;-1;;/p+1. The summed E-state index contributed by atoms with van der Waals surface area (Å²) in [6.07, 6.45) is 0. The van der Waals surface area contributed by atoms with Crippen LogP contribution in [-0.2, 0) is 26.9 Å². The second-order valence-corrected chi connectivity index (χ2v) is 19.0. The zero-order valence-electron chi connectivity index (χ0n) is 34.8. The molecule has 0 spiro atoms. The monoisotopic (exact) mass is 963 g/mol. The zero-order valence-corrected chi connectivity index (χ0v) is 38.8. The minimum Gasteiger partial charge on any atom is -0.665 e. The SMILES string of the molecule is CC(C)([CH]=[W]=[O])c1ccccc1.C[PH+](C)c1ccccc1.Cc1ccc(C)[n-]1.Oc1c(-c2ccccc2)c(-c2ccccc2)cc(-c2ccccc2)c1-c1ccccc1. The van der Waals surface area contributed by atoms with Crippen LogP contribution < -0.4 is 10.3 Å². The minimum atomic E-state index is -1.43. The number of nitrogens with zero attached hydrogens (tertiary/aromatic N) is 1. The van der Waals surface area contributed by atoms with Crippen molar-refractivity contribution in [1.29, 1.82) is 0 Å². The summed E-state index contributed by atoms with van der Waals surface area (Å²) in [5.74, 6) is 0.303. The van der Waals surface area contributed by atoms with Crippen molar-refractivity contribution in [2.45, 2.75) is 33.1 Å². The van der Waals surface area contributed by atoms with E-state index in [2.05, 4.69) is 129 Å². The van der Waals surface area contributed by atoms with Gasteiger partial charge in [-0.25, -0.2) is 0 Å². The van der Waals surface area contributed by atoms with Crippen LogP contribution in [0.15, 0.2) is 200 Å². The van der Waals surface area contributed by atoms with Crippen LogP contribution in [0, 0.1) is 13.8 Å². The van der Waals surface area contributed by atoms with Gasteiger partial charge < -0.3 is 10.1 Å². The molecule has 0 amide bonds. The Balaban J connectivity index is 0.000000191. The molecule has 0 aliphatic heterocycles. The molecular formula is C54H54NO2PW. The molecule has 5 heteroatoms. The predicted octanol–water partition coefficient (Wildman–Crippen LogP) is 13.3. The molecule has 1 heterocycles. The fourth-order valence-electron chi connectivity index (χ4n) is 6.58. The summed E-state index contributed by atoms with van der Waals surface area (Å²) in [6.45, 7) is 12.8. The van der Waals surface area contributed by atoms with Crippen molar-refractivity contribution >= 4 is 17.6 Å². The Morgan fingerprint density at radius 3 is 1.15 bits per heavy atom. The predicted molar refractivity (Wildman–Crippen MR) is 252 cm³/mol. The Kier molecular flexibility index (Phi) is 17.0. The van der Waals surface area contributed by atoms with E-state index in [1.807, 2.05) is 121 Å². The van der Waals surface area contributed by atoms with Gasteiger partial charge in [0.1, 0.15) is 5.75 Å². The minimum absolute atomic E-state index is 0.0202. The Morgan fingerprint density at radius 1 is 0.508 bits per heavy atom. The first kappa shape index (κ1) is 44.5. The van der Waals surface area contributed by atoms with E-state index in [0.29, 0.717) is 5.75 Å². The third-order valence-corrected chi connectivity index (χ3v) is 13.7. The number of hydrogen-bond acceptors (Lipinski definition) is 2. The summed E-state index contributed by atoms with van der Waals surface area (Å²) in [6, 6.07) is 67.9. The summed E-state index contributed by atoms with van der Waals surface area (Å²) in [5, 5.41) is 13.3. The molecule has 1 aromatic heterocycles. The van der Waals surface area contributed by atoms with Crippen LogP contribution in [0.3, 0.4) is 0 Å². The Bertz CT molecular complexity index is 2380. The molecule has 0 radical (unpaired) electrons. The number of aromatic hydroxyl groups is 1. The van der Waals surface area contributed by atoms with E-state index in [4.69, 9.17) is 0 Å². The Morgan fingerprint density at radius 2 is 0.847 bits per heavy atom. The van der Waals surface area contributed by atoms with Crippen molar-refractivity contribution in [3.8, 4) is 50.3 Å². The van der Waals surface area contributed by atoms with Gasteiger partial charge in [0, 0.05) is 19.0 Å². The first-order valence-corrected chi connectivity index (χ1v) is 25.2. The molecule has 0 aliphatic rings. The third kappa shape index (κ3) is 12.9. The molecule has 0 aliphatic carbocycles. The molecule has 0 saturated carbocycles. The molecule has 7 aromatic carbocycles. The number of rotatable bonds is 7. The maximum absolute atomic E-state index is 11.8. The summed E-state index contributed by atoms with van der Waals surface area (Å²) in [7, 11) is -0.212. The summed E-state index contributed by atoms with van der Waals surface area (Å²) in [5.41, 5.74) is 11.3. The Labute approximate surface area is 361 Å². The van der Waals surface area contributed by atoms with Gasteiger partial charge in [-0.1, -0.05) is 166 Å². The van der Waals surface area contributed by atoms with Gasteiger partial charge in [0.05, 0.1) is 18.6 Å². The normalized spacial score (nSPS) is 10.5. The molecule has 0 unspecified atom stereocenters. The summed E-state index contributed by atoms with van der Waals surface area (Å²) >= 11 is -1.43. The number of phenolic OH excluding ortho intramolecular Hbond substituents is 1. The fourth-order valence-corrected chi connectivity index (χ4v) is 8.79. The van der Waals surface area contributed by atoms with Crippen molar-refractivity contribution in [1.82, 2.24) is 4.98 Å². The number of aromatic nitrogens is 1. The zero-order chi connectivity index (χ0) is 42.0. The molecular weight excluding hydrogens is 909 g/mol. The molecule has 8 aromatic rings. The van der Waals surface area contributed by atoms with E-state index in [0.717, 1.165) is 55.9 Å². The van der Waals surface area contributed by atoms with E-state index in [-0.39, 0.29) is 13.3 Å². The quantitative estimate of drug-likeness (QED) is 0.162. The van der Waals surface area contributed by atoms with Crippen molar-refractivity contribution in [3.05, 3.63) is 217 Å². The molecule has 0 bridgehead atoms. The topological polar surface area (TPSA) is 51.4 Å². The van der Waals surface area contributed by atoms with Gasteiger partial charge in [-0.2, -0.15) is 11.4 Å². The number of phenols is 1. The maximum Gasteiger partial charge on any atom is 0.132 e. The van der Waals surface area contributed by atoms with Gasteiger partial charge >= 0.3 is 81.0 Å². The van der Waals surface area contributed by atoms with Crippen molar-refractivity contribution in [3.63, 3.8) is 0 Å². The third-order valence-electron chi connectivity index (χ3n) is 9.73. The molecule has 3 nitrogen and oxygen atoms in total. The van der Waals surface area contributed by atoms with E-state index < -0.39 is 18.1 Å². The number of hydrogen-bond donors (Lipinski definition) is 1. The van der Waals surface area contributed by atoms with Crippen molar-refractivity contribution in [2.75, 3.05) is 13.3 Å². The molecule has 0 saturated heterocycles. The van der Waals surface area contributed by atoms with Gasteiger partial charge in [-0.15, -0.1) is 0 Å². The Hall–Kier alpha value is -5.59. The molecule has 59 heavy (non-hydrogen) atoms. The largest absolute Gasteiger partial charge is 0.665 e. The average Bonchev–Trinajstić information content (AvgIpc) is 3.67.